The zero-order valence-corrected chi connectivity index (χ0v) is 18.3. The van der Waals surface area contributed by atoms with Crippen molar-refractivity contribution >= 4 is 40.6 Å². The molecule has 1 aromatic carbocycles. The first kappa shape index (κ1) is 21.7. The highest BCUT2D eigenvalue weighted by atomic mass is 32.2. The van der Waals surface area contributed by atoms with E-state index in [1.807, 2.05) is 31.2 Å². The molecule has 2 aromatic rings. The Bertz CT molecular complexity index is 821. The Morgan fingerprint density at radius 1 is 1.21 bits per heavy atom. The quantitative estimate of drug-likeness (QED) is 0.560. The van der Waals surface area contributed by atoms with Gasteiger partial charge in [0.25, 0.3) is 5.91 Å². The Morgan fingerprint density at radius 3 is 2.79 bits per heavy atom. The van der Waals surface area contributed by atoms with Crippen LogP contribution >= 0.6 is 23.1 Å². The van der Waals surface area contributed by atoms with E-state index < -0.39 is 0 Å². The van der Waals surface area contributed by atoms with Crippen molar-refractivity contribution in [2.45, 2.75) is 31.9 Å². The van der Waals surface area contributed by atoms with Gasteiger partial charge in [-0.2, -0.15) is 0 Å². The third-order valence-electron chi connectivity index (χ3n) is 4.69. The van der Waals surface area contributed by atoms with Gasteiger partial charge >= 0.3 is 0 Å². The van der Waals surface area contributed by atoms with Gasteiger partial charge < -0.3 is 15.5 Å². The number of amides is 2. The summed E-state index contributed by atoms with van der Waals surface area (Å²) in [4.78, 5) is 26.7. The van der Waals surface area contributed by atoms with Crippen LogP contribution in [0.25, 0.3) is 0 Å². The topological polar surface area (TPSA) is 87.2 Å². The van der Waals surface area contributed by atoms with E-state index in [0.717, 1.165) is 35.8 Å². The van der Waals surface area contributed by atoms with Crippen molar-refractivity contribution < 1.29 is 9.59 Å². The lowest BCUT2D eigenvalue weighted by atomic mass is 10.2. The van der Waals surface area contributed by atoms with E-state index in [2.05, 4.69) is 25.7 Å². The van der Waals surface area contributed by atoms with E-state index in [0.29, 0.717) is 16.5 Å². The molecule has 1 aliphatic heterocycles. The number of benzene rings is 1. The van der Waals surface area contributed by atoms with Crippen LogP contribution in [0.2, 0.25) is 0 Å². The molecule has 1 saturated heterocycles. The van der Waals surface area contributed by atoms with Gasteiger partial charge in [0, 0.05) is 18.0 Å². The summed E-state index contributed by atoms with van der Waals surface area (Å²) in [6.45, 7) is 6.10. The highest BCUT2D eigenvalue weighted by Crippen LogP contribution is 2.19. The Morgan fingerprint density at radius 2 is 2.00 bits per heavy atom. The van der Waals surface area contributed by atoms with Crippen molar-refractivity contribution in [3.05, 3.63) is 39.8 Å². The van der Waals surface area contributed by atoms with Crippen molar-refractivity contribution in [1.82, 2.24) is 20.4 Å². The molecule has 3 rings (SSSR count). The molecule has 1 fully saturated rings. The SMILES string of the molecule is Cc1ccccc1NC(=O)c1nnc(CSCC(=O)NCCCN2CCCC2)s1. The predicted octanol–water partition coefficient (Wildman–Crippen LogP) is 2.93. The van der Waals surface area contributed by atoms with Gasteiger partial charge in [-0.15, -0.1) is 22.0 Å². The summed E-state index contributed by atoms with van der Waals surface area (Å²) in [5, 5.41) is 14.9. The predicted molar refractivity (Wildman–Crippen MR) is 119 cm³/mol. The number of para-hydroxylation sites is 1. The monoisotopic (exact) mass is 433 g/mol. The molecule has 0 atom stereocenters. The van der Waals surface area contributed by atoms with Gasteiger partial charge in [-0.3, -0.25) is 9.59 Å². The number of likely N-dealkylation sites (tertiary alicyclic amines) is 1. The van der Waals surface area contributed by atoms with Gasteiger partial charge in [-0.05, 0) is 57.5 Å². The third kappa shape index (κ3) is 7.09. The molecule has 0 bridgehead atoms. The molecule has 2 amide bonds. The summed E-state index contributed by atoms with van der Waals surface area (Å²) in [6.07, 6.45) is 3.58. The van der Waals surface area contributed by atoms with Gasteiger partial charge in [0.1, 0.15) is 5.01 Å². The van der Waals surface area contributed by atoms with E-state index in [9.17, 15) is 9.59 Å². The standard InChI is InChI=1S/C20H27N5O2S2/c1-15-7-2-3-8-16(15)22-19(27)20-24-23-18(29-20)14-28-13-17(26)21-9-6-12-25-10-4-5-11-25/h2-3,7-8H,4-6,9-14H2,1H3,(H,21,26)(H,22,27). The zero-order valence-electron chi connectivity index (χ0n) is 16.6. The molecule has 29 heavy (non-hydrogen) atoms. The molecular formula is C20H27N5O2S2. The van der Waals surface area contributed by atoms with Crippen molar-refractivity contribution in [2.75, 3.05) is 37.2 Å². The molecule has 1 aromatic heterocycles. The smallest absolute Gasteiger partial charge is 0.286 e. The van der Waals surface area contributed by atoms with Crippen molar-refractivity contribution in [3.63, 3.8) is 0 Å². The lowest BCUT2D eigenvalue weighted by Gasteiger charge is -2.14. The van der Waals surface area contributed by atoms with Gasteiger partial charge in [-0.1, -0.05) is 29.5 Å². The van der Waals surface area contributed by atoms with Gasteiger partial charge in [0.05, 0.1) is 5.75 Å². The fourth-order valence-electron chi connectivity index (χ4n) is 3.11. The molecular weight excluding hydrogens is 406 g/mol. The van der Waals surface area contributed by atoms with Crippen LogP contribution in [0.1, 0.15) is 39.6 Å². The molecule has 2 heterocycles. The number of anilines is 1. The fraction of sp³-hybridized carbons (Fsp3) is 0.500. The summed E-state index contributed by atoms with van der Waals surface area (Å²) >= 11 is 2.74. The number of thioether (sulfide) groups is 1. The fourth-order valence-corrected chi connectivity index (χ4v) is 4.75. The Labute approximate surface area is 179 Å². The molecule has 7 nitrogen and oxygen atoms in total. The molecule has 156 valence electrons. The van der Waals surface area contributed by atoms with Crippen LogP contribution < -0.4 is 10.6 Å². The molecule has 9 heteroatoms. The lowest BCUT2D eigenvalue weighted by molar-refractivity contribution is -0.118. The third-order valence-corrected chi connectivity index (χ3v) is 6.73. The second-order valence-corrected chi connectivity index (χ2v) is 9.06. The normalized spacial score (nSPS) is 14.1. The average Bonchev–Trinajstić information content (AvgIpc) is 3.39. The van der Waals surface area contributed by atoms with E-state index in [4.69, 9.17) is 0 Å². The number of nitrogens with one attached hydrogen (secondary N) is 2. The Hall–Kier alpha value is -1.97. The number of carbonyl (C=O) groups excluding carboxylic acids is 2. The highest BCUT2D eigenvalue weighted by Gasteiger charge is 2.14. The van der Waals surface area contributed by atoms with E-state index in [1.165, 1.54) is 49.0 Å². The molecule has 0 unspecified atom stereocenters. The number of rotatable bonds is 10. The van der Waals surface area contributed by atoms with Crippen LogP contribution in [-0.4, -0.2) is 58.8 Å². The average molecular weight is 434 g/mol. The van der Waals surface area contributed by atoms with Crippen molar-refractivity contribution in [1.29, 1.82) is 0 Å². The van der Waals surface area contributed by atoms with E-state index in [-0.39, 0.29) is 11.8 Å². The van der Waals surface area contributed by atoms with Crippen molar-refractivity contribution in [2.24, 2.45) is 0 Å². The molecule has 0 aliphatic carbocycles. The van der Waals surface area contributed by atoms with E-state index in [1.54, 1.807) is 0 Å². The maximum absolute atomic E-state index is 12.3. The number of hydrogen-bond acceptors (Lipinski definition) is 7. The number of aromatic nitrogens is 2. The van der Waals surface area contributed by atoms with Gasteiger partial charge in [0.15, 0.2) is 0 Å². The maximum atomic E-state index is 12.3. The summed E-state index contributed by atoms with van der Waals surface area (Å²) in [5.74, 6) is 0.729. The number of nitrogens with zero attached hydrogens (tertiary/aromatic N) is 3. The minimum atomic E-state index is -0.260. The van der Waals surface area contributed by atoms with Crippen LogP contribution in [0.4, 0.5) is 5.69 Å². The first-order valence-corrected chi connectivity index (χ1v) is 11.8. The summed E-state index contributed by atoms with van der Waals surface area (Å²) in [5.41, 5.74) is 1.76. The lowest BCUT2D eigenvalue weighted by Crippen LogP contribution is -2.29. The molecule has 0 spiro atoms. The largest absolute Gasteiger partial charge is 0.355 e. The molecule has 0 radical (unpaired) electrons. The highest BCUT2D eigenvalue weighted by molar-refractivity contribution is 7.99. The number of hydrogen-bond donors (Lipinski definition) is 2. The van der Waals surface area contributed by atoms with Crippen LogP contribution in [0.5, 0.6) is 0 Å². The van der Waals surface area contributed by atoms with Crippen LogP contribution in [0, 0.1) is 6.92 Å². The minimum absolute atomic E-state index is 0.0402. The van der Waals surface area contributed by atoms with Crippen molar-refractivity contribution in [3.8, 4) is 0 Å². The summed E-state index contributed by atoms with van der Waals surface area (Å²) in [6, 6.07) is 7.60. The van der Waals surface area contributed by atoms with Crippen LogP contribution in [0.3, 0.4) is 0 Å². The second kappa shape index (κ2) is 11.3. The molecule has 2 N–H and O–H groups in total. The second-order valence-electron chi connectivity index (χ2n) is 7.02. The minimum Gasteiger partial charge on any atom is -0.355 e. The number of aryl methyl sites for hydroxylation is 1. The zero-order chi connectivity index (χ0) is 20.5. The van der Waals surface area contributed by atoms with E-state index >= 15 is 0 Å². The first-order chi connectivity index (χ1) is 14.1. The first-order valence-electron chi connectivity index (χ1n) is 9.88. The van der Waals surface area contributed by atoms with Crippen LogP contribution in [0.15, 0.2) is 24.3 Å². The summed E-state index contributed by atoms with van der Waals surface area (Å²) in [7, 11) is 0. The Kier molecular flexibility index (Phi) is 8.45. The Balaban J connectivity index is 1.33. The van der Waals surface area contributed by atoms with Gasteiger partial charge in [-0.25, -0.2) is 0 Å². The summed E-state index contributed by atoms with van der Waals surface area (Å²) < 4.78 is 0. The van der Waals surface area contributed by atoms with Crippen LogP contribution in [-0.2, 0) is 10.5 Å². The maximum Gasteiger partial charge on any atom is 0.286 e. The number of carbonyl (C=O) groups is 2. The van der Waals surface area contributed by atoms with Gasteiger partial charge in [0.2, 0.25) is 10.9 Å². The molecule has 0 saturated carbocycles. The molecule has 1 aliphatic rings.